The third kappa shape index (κ3) is 4.54. The summed E-state index contributed by atoms with van der Waals surface area (Å²) in [5, 5.41) is 5.31. The summed E-state index contributed by atoms with van der Waals surface area (Å²) in [7, 11) is 3.96. The van der Waals surface area contributed by atoms with Crippen LogP contribution in [-0.2, 0) is 11.3 Å². The maximum Gasteiger partial charge on any atom is 0.264 e. The second-order valence-electron chi connectivity index (χ2n) is 5.42. The molecular formula is C16H21N3O2S. The summed E-state index contributed by atoms with van der Waals surface area (Å²) >= 11 is 1.42. The SMILES string of the molecule is Cc1cccc(OCC(=O)Nc2nc(CN(C)C)cs2)c1C. The molecule has 0 unspecified atom stereocenters. The standard InChI is InChI=1S/C16H21N3O2S/c1-11-6-5-7-14(12(11)2)21-9-15(20)18-16-17-13(10-22-16)8-19(3)4/h5-7,10H,8-9H2,1-4H3,(H,17,18,20). The van der Waals surface area contributed by atoms with Crippen molar-refractivity contribution in [2.45, 2.75) is 20.4 Å². The van der Waals surface area contributed by atoms with Crippen LogP contribution in [0.2, 0.25) is 0 Å². The molecule has 0 radical (unpaired) electrons. The predicted octanol–water partition coefficient (Wildman–Crippen LogP) is 2.84. The van der Waals surface area contributed by atoms with Gasteiger partial charge in [0.05, 0.1) is 5.69 Å². The summed E-state index contributed by atoms with van der Waals surface area (Å²) in [6, 6.07) is 5.81. The number of carbonyl (C=O) groups excluding carboxylic acids is 1. The van der Waals surface area contributed by atoms with Gasteiger partial charge >= 0.3 is 0 Å². The van der Waals surface area contributed by atoms with E-state index in [-0.39, 0.29) is 12.5 Å². The largest absolute Gasteiger partial charge is 0.483 e. The van der Waals surface area contributed by atoms with E-state index in [9.17, 15) is 4.79 Å². The lowest BCUT2D eigenvalue weighted by molar-refractivity contribution is -0.118. The van der Waals surface area contributed by atoms with Crippen LogP contribution in [0.5, 0.6) is 5.75 Å². The molecule has 1 N–H and O–H groups in total. The van der Waals surface area contributed by atoms with Gasteiger partial charge < -0.3 is 9.64 Å². The average molecular weight is 319 g/mol. The van der Waals surface area contributed by atoms with E-state index in [1.54, 1.807) is 0 Å². The first kappa shape index (κ1) is 16.5. The fraction of sp³-hybridized carbons (Fsp3) is 0.375. The number of hydrogen-bond donors (Lipinski definition) is 1. The third-order valence-electron chi connectivity index (χ3n) is 3.19. The lowest BCUT2D eigenvalue weighted by Crippen LogP contribution is -2.20. The molecule has 0 aliphatic rings. The second kappa shape index (κ2) is 7.38. The summed E-state index contributed by atoms with van der Waals surface area (Å²) in [5.74, 6) is 0.536. The summed E-state index contributed by atoms with van der Waals surface area (Å²) in [6.07, 6.45) is 0. The van der Waals surface area contributed by atoms with Crippen molar-refractivity contribution in [3.63, 3.8) is 0 Å². The molecular weight excluding hydrogens is 298 g/mol. The highest BCUT2D eigenvalue weighted by Gasteiger charge is 2.09. The Labute approximate surface area is 134 Å². The van der Waals surface area contributed by atoms with E-state index >= 15 is 0 Å². The zero-order valence-corrected chi connectivity index (χ0v) is 14.2. The Balaban J connectivity index is 1.88. The number of benzene rings is 1. The van der Waals surface area contributed by atoms with E-state index in [1.807, 2.05) is 56.4 Å². The number of hydrogen-bond acceptors (Lipinski definition) is 5. The average Bonchev–Trinajstić information content (AvgIpc) is 2.86. The quantitative estimate of drug-likeness (QED) is 0.889. The Bertz CT molecular complexity index is 653. The van der Waals surface area contributed by atoms with Gasteiger partial charge in [-0.15, -0.1) is 11.3 Å². The number of nitrogens with zero attached hydrogens (tertiary/aromatic N) is 2. The second-order valence-corrected chi connectivity index (χ2v) is 6.27. The number of nitrogens with one attached hydrogen (secondary N) is 1. The Hall–Kier alpha value is -1.92. The molecule has 0 atom stereocenters. The van der Waals surface area contributed by atoms with Gasteiger partial charge in [-0.05, 0) is 45.1 Å². The molecule has 1 aromatic carbocycles. The molecule has 1 amide bonds. The predicted molar refractivity (Wildman–Crippen MR) is 89.5 cm³/mol. The van der Waals surface area contributed by atoms with E-state index in [0.717, 1.165) is 29.1 Å². The number of aromatic nitrogens is 1. The molecule has 0 saturated heterocycles. The Kier molecular flexibility index (Phi) is 5.51. The van der Waals surface area contributed by atoms with Gasteiger partial charge in [0.15, 0.2) is 11.7 Å². The zero-order valence-electron chi connectivity index (χ0n) is 13.3. The van der Waals surface area contributed by atoms with Crippen molar-refractivity contribution in [2.75, 3.05) is 26.0 Å². The van der Waals surface area contributed by atoms with Crippen molar-refractivity contribution in [1.29, 1.82) is 0 Å². The van der Waals surface area contributed by atoms with Crippen LogP contribution in [0.1, 0.15) is 16.8 Å². The zero-order chi connectivity index (χ0) is 16.1. The van der Waals surface area contributed by atoms with Crippen molar-refractivity contribution < 1.29 is 9.53 Å². The van der Waals surface area contributed by atoms with Crippen LogP contribution in [0.15, 0.2) is 23.6 Å². The highest BCUT2D eigenvalue weighted by Crippen LogP contribution is 2.21. The van der Waals surface area contributed by atoms with Gasteiger partial charge in [0.2, 0.25) is 0 Å². The van der Waals surface area contributed by atoms with Crippen LogP contribution in [0.25, 0.3) is 0 Å². The van der Waals surface area contributed by atoms with E-state index in [4.69, 9.17) is 4.74 Å². The molecule has 0 bridgehead atoms. The minimum atomic E-state index is -0.202. The smallest absolute Gasteiger partial charge is 0.264 e. The molecule has 22 heavy (non-hydrogen) atoms. The van der Waals surface area contributed by atoms with Crippen LogP contribution in [-0.4, -0.2) is 36.5 Å². The summed E-state index contributed by atoms with van der Waals surface area (Å²) in [5.41, 5.74) is 3.14. The van der Waals surface area contributed by atoms with Crippen molar-refractivity contribution in [2.24, 2.45) is 0 Å². The molecule has 0 spiro atoms. The molecule has 1 heterocycles. The number of aryl methyl sites for hydroxylation is 1. The molecule has 0 aliphatic carbocycles. The van der Waals surface area contributed by atoms with Crippen LogP contribution in [0.4, 0.5) is 5.13 Å². The lowest BCUT2D eigenvalue weighted by atomic mass is 10.1. The molecule has 2 aromatic rings. The van der Waals surface area contributed by atoms with E-state index in [2.05, 4.69) is 10.3 Å². The van der Waals surface area contributed by atoms with Crippen LogP contribution in [0.3, 0.4) is 0 Å². The maximum absolute atomic E-state index is 11.9. The highest BCUT2D eigenvalue weighted by atomic mass is 32.1. The minimum Gasteiger partial charge on any atom is -0.483 e. The van der Waals surface area contributed by atoms with Crippen molar-refractivity contribution in [3.8, 4) is 5.75 Å². The molecule has 5 nitrogen and oxygen atoms in total. The number of rotatable bonds is 6. The normalized spacial score (nSPS) is 10.8. The monoisotopic (exact) mass is 319 g/mol. The Morgan fingerprint density at radius 2 is 2.14 bits per heavy atom. The molecule has 118 valence electrons. The number of thiazole rings is 1. The van der Waals surface area contributed by atoms with Crippen LogP contribution in [0, 0.1) is 13.8 Å². The summed E-state index contributed by atoms with van der Waals surface area (Å²) in [4.78, 5) is 18.3. The third-order valence-corrected chi connectivity index (χ3v) is 4.00. The van der Waals surface area contributed by atoms with Crippen molar-refractivity contribution >= 4 is 22.4 Å². The van der Waals surface area contributed by atoms with E-state index in [1.165, 1.54) is 11.3 Å². The van der Waals surface area contributed by atoms with E-state index < -0.39 is 0 Å². The first-order valence-electron chi connectivity index (χ1n) is 7.03. The number of carbonyl (C=O) groups is 1. The first-order chi connectivity index (χ1) is 10.5. The van der Waals surface area contributed by atoms with Gasteiger partial charge in [-0.2, -0.15) is 0 Å². The van der Waals surface area contributed by atoms with Crippen LogP contribution >= 0.6 is 11.3 Å². The van der Waals surface area contributed by atoms with Gasteiger partial charge in [0.25, 0.3) is 5.91 Å². The topological polar surface area (TPSA) is 54.5 Å². The number of amides is 1. The molecule has 1 aromatic heterocycles. The lowest BCUT2D eigenvalue weighted by Gasteiger charge is -2.10. The van der Waals surface area contributed by atoms with Crippen molar-refractivity contribution in [3.05, 3.63) is 40.4 Å². The molecule has 2 rings (SSSR count). The number of anilines is 1. The van der Waals surface area contributed by atoms with Gasteiger partial charge in [0, 0.05) is 11.9 Å². The maximum atomic E-state index is 11.9. The molecule has 0 saturated carbocycles. The minimum absolute atomic E-state index is 0.0209. The molecule has 0 aliphatic heterocycles. The molecule has 6 heteroatoms. The highest BCUT2D eigenvalue weighted by molar-refractivity contribution is 7.13. The fourth-order valence-electron chi connectivity index (χ4n) is 1.94. The Morgan fingerprint density at radius 1 is 1.36 bits per heavy atom. The van der Waals surface area contributed by atoms with Gasteiger partial charge in [-0.1, -0.05) is 12.1 Å². The summed E-state index contributed by atoms with van der Waals surface area (Å²) in [6.45, 7) is 4.74. The van der Waals surface area contributed by atoms with Crippen LogP contribution < -0.4 is 10.1 Å². The van der Waals surface area contributed by atoms with Crippen molar-refractivity contribution in [1.82, 2.24) is 9.88 Å². The van der Waals surface area contributed by atoms with Gasteiger partial charge in [0.1, 0.15) is 5.75 Å². The van der Waals surface area contributed by atoms with Gasteiger partial charge in [-0.25, -0.2) is 4.98 Å². The number of ether oxygens (including phenoxy) is 1. The fourth-order valence-corrected chi connectivity index (χ4v) is 2.66. The van der Waals surface area contributed by atoms with E-state index in [0.29, 0.717) is 5.13 Å². The first-order valence-corrected chi connectivity index (χ1v) is 7.91. The molecule has 0 fully saturated rings. The van der Waals surface area contributed by atoms with Gasteiger partial charge in [-0.3, -0.25) is 10.1 Å². The Morgan fingerprint density at radius 3 is 2.86 bits per heavy atom. The summed E-state index contributed by atoms with van der Waals surface area (Å²) < 4.78 is 5.58.